The van der Waals surface area contributed by atoms with E-state index in [0.29, 0.717) is 11.6 Å². The lowest BCUT2D eigenvalue weighted by molar-refractivity contribution is -0.109. The molecule has 0 saturated carbocycles. The first kappa shape index (κ1) is 15.9. The zero-order chi connectivity index (χ0) is 15.4. The van der Waals surface area contributed by atoms with E-state index in [1.807, 2.05) is 44.2 Å². The second-order valence-electron chi connectivity index (χ2n) is 4.87. The Morgan fingerprint density at radius 3 is 2.67 bits per heavy atom. The summed E-state index contributed by atoms with van der Waals surface area (Å²) in [7, 11) is 0. The van der Waals surface area contributed by atoms with Crippen LogP contribution in [0.4, 0.5) is 0 Å². The second-order valence-corrected chi connectivity index (χ2v) is 6.49. The minimum Gasteiger partial charge on any atom is -0.489 e. The number of hydrogen-bond acceptors (Lipinski definition) is 3. The summed E-state index contributed by atoms with van der Waals surface area (Å²) in [5.74, 6) is 0.833. The number of hydrogen-bond donors (Lipinski definition) is 0. The molecule has 2 aromatic rings. The lowest BCUT2D eigenvalue weighted by Crippen LogP contribution is -2.00. The summed E-state index contributed by atoms with van der Waals surface area (Å²) in [4.78, 5) is 12.2. The maximum atomic E-state index is 11.3. The highest BCUT2D eigenvalue weighted by Gasteiger charge is 2.11. The van der Waals surface area contributed by atoms with Crippen LogP contribution in [0.2, 0.25) is 5.02 Å². The van der Waals surface area contributed by atoms with Crippen LogP contribution in [0.25, 0.3) is 0 Å². The highest BCUT2D eigenvalue weighted by molar-refractivity contribution is 8.13. The Bertz CT molecular complexity index is 668. The van der Waals surface area contributed by atoms with E-state index in [4.69, 9.17) is 16.3 Å². The molecule has 21 heavy (non-hydrogen) atoms. The summed E-state index contributed by atoms with van der Waals surface area (Å²) in [6.07, 6.45) is 0. The van der Waals surface area contributed by atoms with Crippen LogP contribution in [-0.4, -0.2) is 5.12 Å². The van der Waals surface area contributed by atoms with Crippen molar-refractivity contribution in [2.75, 3.05) is 0 Å². The number of benzene rings is 2. The van der Waals surface area contributed by atoms with E-state index in [2.05, 4.69) is 6.07 Å². The smallest absolute Gasteiger partial charge is 0.190 e. The Morgan fingerprint density at radius 2 is 2.00 bits per heavy atom. The van der Waals surface area contributed by atoms with Gasteiger partial charge in [0.1, 0.15) is 12.4 Å². The van der Waals surface area contributed by atoms with Gasteiger partial charge in [0.05, 0.1) is 0 Å². The van der Waals surface area contributed by atoms with Crippen LogP contribution >= 0.6 is 23.4 Å². The van der Waals surface area contributed by atoms with Crippen LogP contribution in [0.3, 0.4) is 0 Å². The number of halogens is 1. The lowest BCUT2D eigenvalue weighted by Gasteiger charge is -2.13. The number of aryl methyl sites for hydroxylation is 2. The molecule has 0 atom stereocenters. The van der Waals surface area contributed by atoms with Gasteiger partial charge < -0.3 is 4.74 Å². The van der Waals surface area contributed by atoms with Gasteiger partial charge in [0.2, 0.25) is 0 Å². The molecule has 110 valence electrons. The van der Waals surface area contributed by atoms with Crippen LogP contribution < -0.4 is 4.74 Å². The number of carbonyl (C=O) groups is 1. The normalized spacial score (nSPS) is 10.5. The van der Waals surface area contributed by atoms with Gasteiger partial charge in [-0.25, -0.2) is 0 Å². The van der Waals surface area contributed by atoms with Crippen LogP contribution in [0.5, 0.6) is 5.75 Å². The first-order chi connectivity index (χ1) is 9.97. The molecular formula is C17H17ClO2S. The average molecular weight is 321 g/mol. The van der Waals surface area contributed by atoms with E-state index in [9.17, 15) is 4.79 Å². The Labute approximate surface area is 134 Å². The second kappa shape index (κ2) is 7.01. The van der Waals surface area contributed by atoms with Crippen LogP contribution in [-0.2, 0) is 11.4 Å². The summed E-state index contributed by atoms with van der Waals surface area (Å²) in [6, 6.07) is 11.6. The highest BCUT2D eigenvalue weighted by atomic mass is 35.5. The molecule has 0 bridgehead atoms. The average Bonchev–Trinajstić information content (AvgIpc) is 2.39. The van der Waals surface area contributed by atoms with Crippen LogP contribution in [0.1, 0.15) is 23.6 Å². The van der Waals surface area contributed by atoms with Crippen LogP contribution in [0, 0.1) is 13.8 Å². The van der Waals surface area contributed by atoms with Crippen LogP contribution in [0.15, 0.2) is 41.3 Å². The van der Waals surface area contributed by atoms with E-state index >= 15 is 0 Å². The maximum Gasteiger partial charge on any atom is 0.190 e. The Kier molecular flexibility index (Phi) is 5.32. The fraction of sp³-hybridized carbons (Fsp3) is 0.235. The van der Waals surface area contributed by atoms with Crippen molar-refractivity contribution in [3.8, 4) is 5.75 Å². The third-order valence-corrected chi connectivity index (χ3v) is 4.28. The van der Waals surface area contributed by atoms with Gasteiger partial charge >= 0.3 is 0 Å². The topological polar surface area (TPSA) is 26.3 Å². The molecule has 4 heteroatoms. The summed E-state index contributed by atoms with van der Waals surface area (Å²) in [6.45, 7) is 5.95. The van der Waals surface area contributed by atoms with Gasteiger partial charge in [-0.1, -0.05) is 47.1 Å². The molecule has 0 radical (unpaired) electrons. The fourth-order valence-corrected chi connectivity index (χ4v) is 3.07. The molecule has 0 aliphatic heterocycles. The van der Waals surface area contributed by atoms with Crippen molar-refractivity contribution in [2.24, 2.45) is 0 Å². The summed E-state index contributed by atoms with van der Waals surface area (Å²) < 4.78 is 5.87. The molecule has 0 heterocycles. The molecule has 0 saturated heterocycles. The Hall–Kier alpha value is -1.45. The molecule has 2 nitrogen and oxygen atoms in total. The Morgan fingerprint density at radius 1 is 1.24 bits per heavy atom. The molecule has 0 N–H and O–H groups in total. The van der Waals surface area contributed by atoms with E-state index < -0.39 is 0 Å². The van der Waals surface area contributed by atoms with Crippen molar-refractivity contribution in [3.63, 3.8) is 0 Å². The molecule has 2 rings (SSSR count). The third-order valence-electron chi connectivity index (χ3n) is 3.03. The largest absolute Gasteiger partial charge is 0.489 e. The van der Waals surface area contributed by atoms with E-state index in [0.717, 1.165) is 21.8 Å². The first-order valence-electron chi connectivity index (χ1n) is 6.63. The van der Waals surface area contributed by atoms with Crippen molar-refractivity contribution in [1.82, 2.24) is 0 Å². The van der Waals surface area contributed by atoms with Gasteiger partial charge in [-0.2, -0.15) is 0 Å². The highest BCUT2D eigenvalue weighted by Crippen LogP contribution is 2.30. The standard InChI is InChI=1S/C17H17ClO2S/c1-11-7-8-16(12(2)9-11)20-10-14-15(18)5-4-6-17(14)21-13(3)19/h4-9H,10H2,1-3H3. The predicted molar refractivity (Wildman–Crippen MR) is 88.2 cm³/mol. The van der Waals surface area contributed by atoms with E-state index in [-0.39, 0.29) is 5.12 Å². The molecular weight excluding hydrogens is 304 g/mol. The third kappa shape index (κ3) is 4.26. The SMILES string of the molecule is CC(=O)Sc1cccc(Cl)c1COc1ccc(C)cc1C. The summed E-state index contributed by atoms with van der Waals surface area (Å²) >= 11 is 7.42. The molecule has 0 aromatic heterocycles. The molecule has 0 spiro atoms. The van der Waals surface area contributed by atoms with Gasteiger partial charge in [0, 0.05) is 22.4 Å². The van der Waals surface area contributed by atoms with Gasteiger partial charge in [-0.05, 0) is 37.6 Å². The zero-order valence-electron chi connectivity index (χ0n) is 12.3. The first-order valence-corrected chi connectivity index (χ1v) is 7.82. The lowest BCUT2D eigenvalue weighted by atomic mass is 10.1. The van der Waals surface area contributed by atoms with E-state index in [1.165, 1.54) is 17.3 Å². The molecule has 0 aliphatic rings. The summed E-state index contributed by atoms with van der Waals surface area (Å²) in [5, 5.41) is 0.649. The number of rotatable bonds is 4. The van der Waals surface area contributed by atoms with Crippen molar-refractivity contribution in [2.45, 2.75) is 32.3 Å². The number of carbonyl (C=O) groups excluding carboxylic acids is 1. The summed E-state index contributed by atoms with van der Waals surface area (Å²) in [5.41, 5.74) is 3.13. The van der Waals surface area contributed by atoms with Gasteiger partial charge in [-0.15, -0.1) is 0 Å². The van der Waals surface area contributed by atoms with E-state index in [1.54, 1.807) is 6.92 Å². The van der Waals surface area contributed by atoms with Crippen molar-refractivity contribution in [3.05, 3.63) is 58.1 Å². The van der Waals surface area contributed by atoms with Gasteiger partial charge in [-0.3, -0.25) is 4.79 Å². The molecule has 0 amide bonds. The molecule has 0 fully saturated rings. The minimum atomic E-state index is 0.0324. The monoisotopic (exact) mass is 320 g/mol. The Balaban J connectivity index is 2.21. The molecule has 2 aromatic carbocycles. The maximum absolute atomic E-state index is 11.3. The molecule has 0 aliphatic carbocycles. The minimum absolute atomic E-state index is 0.0324. The number of ether oxygens (including phenoxy) is 1. The quantitative estimate of drug-likeness (QED) is 0.726. The fourth-order valence-electron chi connectivity index (χ4n) is 2.04. The van der Waals surface area contributed by atoms with Crippen molar-refractivity contribution in [1.29, 1.82) is 0 Å². The number of thioether (sulfide) groups is 1. The van der Waals surface area contributed by atoms with Crippen molar-refractivity contribution < 1.29 is 9.53 Å². The van der Waals surface area contributed by atoms with Gasteiger partial charge in [0.25, 0.3) is 0 Å². The molecule has 0 unspecified atom stereocenters. The predicted octanol–water partition coefficient (Wildman–Crippen LogP) is 5.17. The zero-order valence-corrected chi connectivity index (χ0v) is 13.8. The van der Waals surface area contributed by atoms with Crippen molar-refractivity contribution >= 4 is 28.5 Å². The van der Waals surface area contributed by atoms with Gasteiger partial charge in [0.15, 0.2) is 5.12 Å².